The van der Waals surface area contributed by atoms with Gasteiger partial charge in [-0.25, -0.2) is 4.39 Å². The van der Waals surface area contributed by atoms with Crippen LogP contribution in [0.1, 0.15) is 44.2 Å². The average Bonchev–Trinajstić information content (AvgIpc) is 3.19. The highest BCUT2D eigenvalue weighted by Crippen LogP contribution is 2.58. The van der Waals surface area contributed by atoms with Crippen molar-refractivity contribution in [3.05, 3.63) is 63.6 Å². The van der Waals surface area contributed by atoms with Gasteiger partial charge < -0.3 is 5.73 Å². The second-order valence-electron chi connectivity index (χ2n) is 9.94. The molecule has 1 fully saturated rings. The smallest absolute Gasteiger partial charge is 0.235 e. The SMILES string of the molecule is CC(C)(C)C[C@@H]1N(CCF)[C@@H](C(N)=O)[C@H](c2cccc(Cl)c2)[C@@]12C=Nc1cc(Cl)ccc12. The molecule has 2 heterocycles. The zero-order chi connectivity index (χ0) is 23.3. The quantitative estimate of drug-likeness (QED) is 0.604. The Kier molecular flexibility index (Phi) is 6.12. The molecule has 2 aliphatic rings. The third kappa shape index (κ3) is 3.85. The summed E-state index contributed by atoms with van der Waals surface area (Å²) >= 11 is 12.6. The van der Waals surface area contributed by atoms with Gasteiger partial charge in [0.05, 0.1) is 17.1 Å². The predicted molar refractivity (Wildman–Crippen MR) is 129 cm³/mol. The Labute approximate surface area is 198 Å². The summed E-state index contributed by atoms with van der Waals surface area (Å²) in [4.78, 5) is 19.6. The van der Waals surface area contributed by atoms with Gasteiger partial charge in [0, 0.05) is 34.8 Å². The van der Waals surface area contributed by atoms with Crippen molar-refractivity contribution < 1.29 is 9.18 Å². The Bertz CT molecular complexity index is 1070. The number of fused-ring (bicyclic) bond motifs is 2. The van der Waals surface area contributed by atoms with Gasteiger partial charge in [-0.2, -0.15) is 0 Å². The molecule has 32 heavy (non-hydrogen) atoms. The maximum atomic E-state index is 13.8. The van der Waals surface area contributed by atoms with E-state index >= 15 is 0 Å². The highest BCUT2D eigenvalue weighted by molar-refractivity contribution is 6.31. The van der Waals surface area contributed by atoms with Crippen molar-refractivity contribution in [3.8, 4) is 0 Å². The number of carbonyl (C=O) groups is 1. The van der Waals surface area contributed by atoms with Gasteiger partial charge in [-0.15, -0.1) is 0 Å². The monoisotopic (exact) mass is 475 g/mol. The third-order valence-corrected chi connectivity index (χ3v) is 7.10. The molecule has 2 N–H and O–H groups in total. The van der Waals surface area contributed by atoms with Crippen LogP contribution in [0.2, 0.25) is 10.0 Å². The zero-order valence-corrected chi connectivity index (χ0v) is 20.0. The molecular weight excluding hydrogens is 448 g/mol. The zero-order valence-electron chi connectivity index (χ0n) is 18.5. The maximum absolute atomic E-state index is 13.8. The fourth-order valence-electron chi connectivity index (χ4n) is 5.61. The number of benzene rings is 2. The van der Waals surface area contributed by atoms with Crippen LogP contribution >= 0.6 is 23.2 Å². The summed E-state index contributed by atoms with van der Waals surface area (Å²) in [6, 6.07) is 12.3. The fraction of sp³-hybridized carbons (Fsp3) is 0.440. The number of nitrogens with zero attached hydrogens (tertiary/aromatic N) is 2. The summed E-state index contributed by atoms with van der Waals surface area (Å²) in [5.41, 5.74) is 7.88. The summed E-state index contributed by atoms with van der Waals surface area (Å²) in [5, 5.41) is 1.16. The van der Waals surface area contributed by atoms with Crippen molar-refractivity contribution in [2.75, 3.05) is 13.2 Å². The molecule has 1 spiro atoms. The molecule has 0 saturated carbocycles. The lowest BCUT2D eigenvalue weighted by Gasteiger charge is -2.40. The van der Waals surface area contributed by atoms with Crippen molar-refractivity contribution in [3.63, 3.8) is 0 Å². The lowest BCUT2D eigenvalue weighted by molar-refractivity contribution is -0.123. The van der Waals surface area contributed by atoms with Crippen LogP contribution in [0.15, 0.2) is 47.5 Å². The number of carbonyl (C=O) groups excluding carboxylic acids is 1. The van der Waals surface area contributed by atoms with Gasteiger partial charge in [-0.1, -0.05) is 62.2 Å². The summed E-state index contributed by atoms with van der Waals surface area (Å²) in [6.45, 7) is 5.98. The Hall–Kier alpha value is -1.95. The fourth-order valence-corrected chi connectivity index (χ4v) is 5.97. The summed E-state index contributed by atoms with van der Waals surface area (Å²) in [7, 11) is 0. The highest BCUT2D eigenvalue weighted by Gasteiger charge is 2.63. The van der Waals surface area contributed by atoms with Crippen molar-refractivity contribution >= 4 is 41.0 Å². The van der Waals surface area contributed by atoms with Crippen LogP contribution in [0.4, 0.5) is 10.1 Å². The molecule has 2 aromatic rings. The molecule has 2 aliphatic heterocycles. The van der Waals surface area contributed by atoms with E-state index in [0.717, 1.165) is 23.2 Å². The van der Waals surface area contributed by atoms with Gasteiger partial charge in [-0.05, 0) is 47.2 Å². The van der Waals surface area contributed by atoms with Gasteiger partial charge >= 0.3 is 0 Å². The lowest BCUT2D eigenvalue weighted by atomic mass is 9.63. The van der Waals surface area contributed by atoms with Gasteiger partial charge in [-0.3, -0.25) is 14.7 Å². The standard InChI is InChI=1S/C25H28Cl2FN3O/c1-24(2,3)13-20-25(14-30-19-12-17(27)7-8-18(19)25)21(15-5-4-6-16(26)11-15)22(23(29)32)31(20)10-9-28/h4-8,11-12,14,20-22H,9-10,13H2,1-3H3,(H2,29,32)/t20-,21-,22+,25+/m0/s1. The van der Waals surface area contributed by atoms with E-state index in [4.69, 9.17) is 33.9 Å². The van der Waals surface area contributed by atoms with Crippen molar-refractivity contribution in [1.29, 1.82) is 0 Å². The number of alkyl halides is 1. The first-order chi connectivity index (χ1) is 15.1. The van der Waals surface area contributed by atoms with Crippen molar-refractivity contribution in [2.45, 2.75) is 50.6 Å². The summed E-state index contributed by atoms with van der Waals surface area (Å²) in [5.74, 6) is -0.848. The Morgan fingerprint density at radius 2 is 1.91 bits per heavy atom. The number of amides is 1. The van der Waals surface area contributed by atoms with Crippen LogP contribution in [0.25, 0.3) is 0 Å². The number of hydrogen-bond acceptors (Lipinski definition) is 3. The number of nitrogens with two attached hydrogens (primary N) is 1. The van der Waals surface area contributed by atoms with E-state index in [-0.39, 0.29) is 23.9 Å². The first-order valence-corrected chi connectivity index (χ1v) is 11.6. The second kappa shape index (κ2) is 8.44. The molecule has 0 bridgehead atoms. The molecule has 4 nitrogen and oxygen atoms in total. The third-order valence-electron chi connectivity index (χ3n) is 6.63. The molecule has 1 saturated heterocycles. The van der Waals surface area contributed by atoms with Gasteiger partial charge in [0.15, 0.2) is 0 Å². The predicted octanol–water partition coefficient (Wildman–Crippen LogP) is 5.67. The molecule has 170 valence electrons. The minimum absolute atomic E-state index is 0.0827. The maximum Gasteiger partial charge on any atom is 0.235 e. The van der Waals surface area contributed by atoms with Crippen LogP contribution in [0.5, 0.6) is 0 Å². The number of halogens is 3. The van der Waals surface area contributed by atoms with Crippen LogP contribution in [0, 0.1) is 5.41 Å². The molecule has 0 aromatic heterocycles. The molecule has 0 radical (unpaired) electrons. The van der Waals surface area contributed by atoms with E-state index in [1.165, 1.54) is 0 Å². The average molecular weight is 476 g/mol. The number of likely N-dealkylation sites (tertiary alicyclic amines) is 1. The van der Waals surface area contributed by atoms with Crippen LogP contribution in [0.3, 0.4) is 0 Å². The Morgan fingerprint density at radius 3 is 2.53 bits per heavy atom. The number of primary amides is 1. The van der Waals surface area contributed by atoms with Crippen molar-refractivity contribution in [2.24, 2.45) is 16.1 Å². The minimum Gasteiger partial charge on any atom is -0.368 e. The first kappa shape index (κ1) is 23.2. The summed E-state index contributed by atoms with van der Waals surface area (Å²) in [6.07, 6.45) is 2.66. The Morgan fingerprint density at radius 1 is 1.19 bits per heavy atom. The Balaban J connectivity index is 2.03. The number of rotatable bonds is 5. The number of hydrogen-bond donors (Lipinski definition) is 1. The summed E-state index contributed by atoms with van der Waals surface area (Å²) < 4.78 is 13.8. The molecule has 0 unspecified atom stereocenters. The highest BCUT2D eigenvalue weighted by atomic mass is 35.5. The van der Waals surface area contributed by atoms with Crippen LogP contribution in [-0.2, 0) is 10.2 Å². The van der Waals surface area contributed by atoms with Crippen LogP contribution in [-0.4, -0.2) is 42.3 Å². The van der Waals surface area contributed by atoms with E-state index in [2.05, 4.69) is 20.8 Å². The first-order valence-electron chi connectivity index (χ1n) is 10.8. The number of aliphatic imine (C=N–C) groups is 1. The topological polar surface area (TPSA) is 58.7 Å². The largest absolute Gasteiger partial charge is 0.368 e. The second-order valence-corrected chi connectivity index (χ2v) is 10.8. The minimum atomic E-state index is -0.704. The van der Waals surface area contributed by atoms with E-state index < -0.39 is 24.0 Å². The molecule has 4 atom stereocenters. The van der Waals surface area contributed by atoms with Gasteiger partial charge in [0.1, 0.15) is 6.67 Å². The molecular formula is C25H28Cl2FN3O. The van der Waals surface area contributed by atoms with E-state index in [0.29, 0.717) is 10.0 Å². The van der Waals surface area contributed by atoms with E-state index in [1.807, 2.05) is 47.5 Å². The van der Waals surface area contributed by atoms with Gasteiger partial charge in [0.2, 0.25) is 5.91 Å². The van der Waals surface area contributed by atoms with E-state index in [9.17, 15) is 9.18 Å². The normalized spacial score (nSPS) is 27.2. The molecule has 7 heteroatoms. The van der Waals surface area contributed by atoms with E-state index in [1.54, 1.807) is 6.07 Å². The molecule has 4 rings (SSSR count). The van der Waals surface area contributed by atoms with Crippen molar-refractivity contribution in [1.82, 2.24) is 4.90 Å². The lowest BCUT2D eigenvalue weighted by Crippen LogP contribution is -2.49. The molecule has 0 aliphatic carbocycles. The molecule has 1 amide bonds. The van der Waals surface area contributed by atoms with Gasteiger partial charge in [0.25, 0.3) is 0 Å². The van der Waals surface area contributed by atoms with Crippen LogP contribution < -0.4 is 5.73 Å². The molecule has 2 aromatic carbocycles.